The Morgan fingerprint density at radius 2 is 1.21 bits per heavy atom. The number of benzene rings is 3. The smallest absolute Gasteiger partial charge is 0.327 e. The first-order chi connectivity index (χ1) is 13.4. The maximum absolute atomic E-state index is 12.9. The molecule has 0 atom stereocenters. The maximum Gasteiger partial charge on any atom is 0.416 e. The molecule has 0 radical (unpaired) electrons. The second kappa shape index (κ2) is 7.00. The Morgan fingerprint density at radius 1 is 0.679 bits per heavy atom. The topological polar surface area (TPSA) is 17.8 Å². The highest BCUT2D eigenvalue weighted by Crippen LogP contribution is 2.36. The lowest BCUT2D eigenvalue weighted by Gasteiger charge is -2.09. The average Bonchev–Trinajstić information content (AvgIpc) is 3.06. The van der Waals surface area contributed by atoms with Crippen LogP contribution in [0.25, 0.3) is 33.9 Å². The summed E-state index contributed by atoms with van der Waals surface area (Å²) in [7, 11) is 1.88. The molecule has 4 rings (SSSR count). The zero-order valence-electron chi connectivity index (χ0n) is 15.1. The molecule has 5 heteroatoms. The molecular weight excluding hydrogens is 361 g/mol. The van der Waals surface area contributed by atoms with Crippen molar-refractivity contribution in [3.63, 3.8) is 0 Å². The van der Waals surface area contributed by atoms with Crippen LogP contribution in [-0.4, -0.2) is 9.55 Å². The highest BCUT2D eigenvalue weighted by Gasteiger charge is 2.30. The minimum atomic E-state index is -4.36. The van der Waals surface area contributed by atoms with Gasteiger partial charge in [-0.3, -0.25) is 0 Å². The molecule has 140 valence electrons. The monoisotopic (exact) mass is 378 g/mol. The first-order valence-corrected chi connectivity index (χ1v) is 8.80. The Balaban J connectivity index is 1.89. The first-order valence-electron chi connectivity index (χ1n) is 8.80. The van der Waals surface area contributed by atoms with E-state index in [2.05, 4.69) is 0 Å². The molecule has 0 amide bonds. The van der Waals surface area contributed by atoms with Crippen molar-refractivity contribution in [3.05, 3.63) is 90.5 Å². The molecule has 0 unspecified atom stereocenters. The highest BCUT2D eigenvalue weighted by molar-refractivity contribution is 5.82. The molecule has 0 fully saturated rings. The average molecular weight is 378 g/mol. The molecule has 1 heterocycles. The lowest BCUT2D eigenvalue weighted by molar-refractivity contribution is -0.137. The fourth-order valence-corrected chi connectivity index (χ4v) is 3.29. The van der Waals surface area contributed by atoms with E-state index in [1.54, 1.807) is 0 Å². The van der Waals surface area contributed by atoms with E-state index in [1.807, 2.05) is 72.3 Å². The van der Waals surface area contributed by atoms with Gasteiger partial charge in [0.1, 0.15) is 5.82 Å². The van der Waals surface area contributed by atoms with Crippen molar-refractivity contribution in [2.75, 3.05) is 0 Å². The van der Waals surface area contributed by atoms with Gasteiger partial charge in [0.2, 0.25) is 0 Å². The first kappa shape index (κ1) is 18.0. The van der Waals surface area contributed by atoms with E-state index in [0.29, 0.717) is 11.4 Å². The Morgan fingerprint density at radius 3 is 1.75 bits per heavy atom. The molecule has 3 aromatic carbocycles. The summed E-state index contributed by atoms with van der Waals surface area (Å²) in [4.78, 5) is 4.80. The number of rotatable bonds is 3. The van der Waals surface area contributed by atoms with Crippen molar-refractivity contribution in [1.82, 2.24) is 9.55 Å². The molecule has 0 spiro atoms. The van der Waals surface area contributed by atoms with Crippen molar-refractivity contribution in [2.45, 2.75) is 6.18 Å². The summed E-state index contributed by atoms with van der Waals surface area (Å²) in [6.45, 7) is 0. The number of halogens is 3. The molecule has 0 saturated heterocycles. The number of alkyl halides is 3. The molecule has 2 nitrogen and oxygen atoms in total. The molecular formula is C23H17F3N2. The summed E-state index contributed by atoms with van der Waals surface area (Å²) in [5, 5.41) is 0. The minimum absolute atomic E-state index is 0.617. The van der Waals surface area contributed by atoms with Gasteiger partial charge in [-0.2, -0.15) is 13.2 Å². The van der Waals surface area contributed by atoms with E-state index in [9.17, 15) is 13.2 Å². The van der Waals surface area contributed by atoms with Crippen molar-refractivity contribution < 1.29 is 13.2 Å². The van der Waals surface area contributed by atoms with Crippen molar-refractivity contribution in [1.29, 1.82) is 0 Å². The van der Waals surface area contributed by atoms with Crippen LogP contribution in [0.2, 0.25) is 0 Å². The number of nitrogens with zero attached hydrogens (tertiary/aromatic N) is 2. The summed E-state index contributed by atoms with van der Waals surface area (Å²) >= 11 is 0. The number of hydrogen-bond acceptors (Lipinski definition) is 1. The van der Waals surface area contributed by atoms with Crippen LogP contribution in [0.5, 0.6) is 0 Å². The van der Waals surface area contributed by atoms with E-state index in [1.165, 1.54) is 12.1 Å². The zero-order chi connectivity index (χ0) is 19.7. The maximum atomic E-state index is 12.9. The third-order valence-corrected chi connectivity index (χ3v) is 4.66. The molecule has 28 heavy (non-hydrogen) atoms. The van der Waals surface area contributed by atoms with Crippen LogP contribution in [-0.2, 0) is 13.2 Å². The standard InChI is InChI=1S/C23H17F3N2/c1-28-21(17-10-6-3-7-11-17)20(16-8-4-2-5-9-16)27-22(28)18-12-14-19(15-13-18)23(24,25)26/h2-15H,1H3. The predicted octanol–water partition coefficient (Wildman–Crippen LogP) is 6.44. The van der Waals surface area contributed by atoms with Gasteiger partial charge in [0, 0.05) is 23.7 Å². The van der Waals surface area contributed by atoms with Gasteiger partial charge in [-0.15, -0.1) is 0 Å². The van der Waals surface area contributed by atoms with Gasteiger partial charge < -0.3 is 4.57 Å². The second-order valence-corrected chi connectivity index (χ2v) is 6.50. The van der Waals surface area contributed by atoms with Crippen LogP contribution >= 0.6 is 0 Å². The molecule has 0 N–H and O–H groups in total. The van der Waals surface area contributed by atoms with Crippen molar-refractivity contribution in [3.8, 4) is 33.9 Å². The van der Waals surface area contributed by atoms with Gasteiger partial charge in [-0.05, 0) is 12.1 Å². The molecule has 4 aromatic rings. The van der Waals surface area contributed by atoms with Gasteiger partial charge in [0.05, 0.1) is 17.0 Å². The fraction of sp³-hybridized carbons (Fsp3) is 0.0870. The van der Waals surface area contributed by atoms with Gasteiger partial charge >= 0.3 is 6.18 Å². The number of hydrogen-bond donors (Lipinski definition) is 0. The summed E-state index contributed by atoms with van der Waals surface area (Å²) in [5.74, 6) is 0.617. The molecule has 0 aliphatic rings. The van der Waals surface area contributed by atoms with Crippen LogP contribution < -0.4 is 0 Å². The van der Waals surface area contributed by atoms with Crippen LogP contribution in [0.3, 0.4) is 0 Å². The Bertz CT molecular complexity index is 1080. The number of aromatic nitrogens is 2. The SMILES string of the molecule is Cn1c(-c2ccc(C(F)(F)F)cc2)nc(-c2ccccc2)c1-c1ccccc1. The lowest BCUT2D eigenvalue weighted by atomic mass is 10.1. The van der Waals surface area contributed by atoms with Crippen LogP contribution in [0, 0.1) is 0 Å². The fourth-order valence-electron chi connectivity index (χ4n) is 3.29. The predicted molar refractivity (Wildman–Crippen MR) is 105 cm³/mol. The Hall–Kier alpha value is -3.34. The normalized spacial score (nSPS) is 11.6. The van der Waals surface area contributed by atoms with Gasteiger partial charge in [-0.1, -0.05) is 72.8 Å². The van der Waals surface area contributed by atoms with Crippen LogP contribution in [0.15, 0.2) is 84.9 Å². The highest BCUT2D eigenvalue weighted by atomic mass is 19.4. The largest absolute Gasteiger partial charge is 0.416 e. The van der Waals surface area contributed by atoms with Crippen molar-refractivity contribution in [2.24, 2.45) is 7.05 Å². The summed E-state index contributed by atoms with van der Waals surface area (Å²) < 4.78 is 40.6. The van der Waals surface area contributed by atoms with Crippen LogP contribution in [0.4, 0.5) is 13.2 Å². The van der Waals surface area contributed by atoms with E-state index in [0.717, 1.165) is 34.6 Å². The Labute approximate surface area is 160 Å². The molecule has 0 aliphatic carbocycles. The quantitative estimate of drug-likeness (QED) is 0.401. The molecule has 0 saturated carbocycles. The molecule has 0 bridgehead atoms. The molecule has 0 aliphatic heterocycles. The minimum Gasteiger partial charge on any atom is -0.327 e. The van der Waals surface area contributed by atoms with E-state index in [4.69, 9.17) is 4.98 Å². The van der Waals surface area contributed by atoms with E-state index < -0.39 is 11.7 Å². The van der Waals surface area contributed by atoms with Crippen molar-refractivity contribution >= 4 is 0 Å². The van der Waals surface area contributed by atoms with Crippen LogP contribution in [0.1, 0.15) is 5.56 Å². The van der Waals surface area contributed by atoms with Gasteiger partial charge in [0.15, 0.2) is 0 Å². The van der Waals surface area contributed by atoms with E-state index in [-0.39, 0.29) is 0 Å². The summed E-state index contributed by atoms with van der Waals surface area (Å²) in [6, 6.07) is 24.7. The molecule has 1 aromatic heterocycles. The van der Waals surface area contributed by atoms with Gasteiger partial charge in [0.25, 0.3) is 0 Å². The third kappa shape index (κ3) is 3.31. The lowest BCUT2D eigenvalue weighted by Crippen LogP contribution is -2.04. The summed E-state index contributed by atoms with van der Waals surface area (Å²) in [6.07, 6.45) is -4.36. The number of imidazole rings is 1. The van der Waals surface area contributed by atoms with E-state index >= 15 is 0 Å². The zero-order valence-corrected chi connectivity index (χ0v) is 15.1. The third-order valence-electron chi connectivity index (χ3n) is 4.66. The second-order valence-electron chi connectivity index (χ2n) is 6.50. The Kier molecular flexibility index (Phi) is 4.51. The van der Waals surface area contributed by atoms with Gasteiger partial charge in [-0.25, -0.2) is 4.98 Å². The summed E-state index contributed by atoms with van der Waals surface area (Å²) in [5.41, 5.74) is 3.63.